The van der Waals surface area contributed by atoms with Crippen LogP contribution in [0.5, 0.6) is 0 Å². The first-order valence-electron chi connectivity index (χ1n) is 9.92. The maximum Gasteiger partial charge on any atom is 0.329 e. The van der Waals surface area contributed by atoms with Crippen molar-refractivity contribution in [1.82, 2.24) is 19.1 Å². The van der Waals surface area contributed by atoms with Gasteiger partial charge in [-0.3, -0.25) is 9.13 Å². The molecule has 4 aromatic rings. The summed E-state index contributed by atoms with van der Waals surface area (Å²) in [5.41, 5.74) is 2.59. The van der Waals surface area contributed by atoms with Crippen LogP contribution in [-0.2, 0) is 18.3 Å². The lowest BCUT2D eigenvalue weighted by molar-refractivity contribution is 0.187. The number of anilines is 1. The molecule has 0 bridgehead atoms. The zero-order chi connectivity index (χ0) is 19.8. The Morgan fingerprint density at radius 3 is 2.72 bits per heavy atom. The molecule has 148 valence electrons. The van der Waals surface area contributed by atoms with Gasteiger partial charge in [-0.25, -0.2) is 14.8 Å². The van der Waals surface area contributed by atoms with Crippen LogP contribution in [0.15, 0.2) is 53.3 Å². The van der Waals surface area contributed by atoms with Crippen LogP contribution < -0.4 is 11.0 Å². The molecule has 1 saturated heterocycles. The molecule has 2 aromatic heterocycles. The summed E-state index contributed by atoms with van der Waals surface area (Å²) >= 11 is 0. The normalized spacial score (nSPS) is 16.7. The number of benzene rings is 2. The van der Waals surface area contributed by atoms with Crippen molar-refractivity contribution in [3.63, 3.8) is 0 Å². The number of nitrogens with one attached hydrogen (secondary N) is 1. The van der Waals surface area contributed by atoms with Gasteiger partial charge in [0.1, 0.15) is 5.82 Å². The van der Waals surface area contributed by atoms with E-state index in [-0.39, 0.29) is 5.69 Å². The Morgan fingerprint density at radius 2 is 1.90 bits per heavy atom. The van der Waals surface area contributed by atoms with Crippen molar-refractivity contribution in [2.45, 2.75) is 13.0 Å². The van der Waals surface area contributed by atoms with Gasteiger partial charge in [-0.15, -0.1) is 0 Å². The molecule has 0 radical (unpaired) electrons. The molecule has 0 amide bonds. The monoisotopic (exact) mass is 389 g/mol. The average Bonchev–Trinajstić information content (AvgIpc) is 3.35. The van der Waals surface area contributed by atoms with Gasteiger partial charge in [-0.2, -0.15) is 0 Å². The van der Waals surface area contributed by atoms with Crippen molar-refractivity contribution < 1.29 is 4.74 Å². The molecule has 1 aliphatic heterocycles. The van der Waals surface area contributed by atoms with Crippen molar-refractivity contribution in [1.29, 1.82) is 0 Å². The van der Waals surface area contributed by atoms with E-state index in [0.717, 1.165) is 53.9 Å². The third-order valence-corrected chi connectivity index (χ3v) is 5.58. The third-order valence-electron chi connectivity index (χ3n) is 5.58. The van der Waals surface area contributed by atoms with Gasteiger partial charge in [-0.1, -0.05) is 24.3 Å². The van der Waals surface area contributed by atoms with Crippen LogP contribution in [0.1, 0.15) is 12.2 Å². The summed E-state index contributed by atoms with van der Waals surface area (Å²) in [7, 11) is 1.79. The summed E-state index contributed by atoms with van der Waals surface area (Å²) in [4.78, 5) is 22.3. The third kappa shape index (κ3) is 3.27. The van der Waals surface area contributed by atoms with E-state index in [0.29, 0.717) is 18.3 Å². The van der Waals surface area contributed by atoms with Crippen LogP contribution in [-0.4, -0.2) is 38.9 Å². The fourth-order valence-corrected chi connectivity index (χ4v) is 3.97. The minimum Gasteiger partial charge on any atom is -0.381 e. The van der Waals surface area contributed by atoms with E-state index in [1.807, 2.05) is 48.5 Å². The highest BCUT2D eigenvalue weighted by atomic mass is 16.5. The molecule has 1 N–H and O–H groups in total. The number of aryl methyl sites for hydroxylation is 1. The molecule has 1 aliphatic rings. The molecule has 0 saturated carbocycles. The van der Waals surface area contributed by atoms with Crippen LogP contribution in [0.2, 0.25) is 0 Å². The Morgan fingerprint density at radius 1 is 1.10 bits per heavy atom. The second kappa shape index (κ2) is 7.33. The van der Waals surface area contributed by atoms with Crippen molar-refractivity contribution in [3.8, 4) is 0 Å². The summed E-state index contributed by atoms with van der Waals surface area (Å²) in [5.74, 6) is 1.92. The second-order valence-corrected chi connectivity index (χ2v) is 7.53. The van der Waals surface area contributed by atoms with Gasteiger partial charge in [0.15, 0.2) is 5.82 Å². The van der Waals surface area contributed by atoms with Crippen LogP contribution in [0, 0.1) is 5.92 Å². The second-order valence-electron chi connectivity index (χ2n) is 7.53. The molecular formula is C22H23N5O2. The Kier molecular flexibility index (Phi) is 4.52. The molecule has 1 fully saturated rings. The molecule has 29 heavy (non-hydrogen) atoms. The van der Waals surface area contributed by atoms with Crippen molar-refractivity contribution >= 4 is 27.8 Å². The first-order chi connectivity index (χ1) is 14.2. The molecule has 7 heteroatoms. The van der Waals surface area contributed by atoms with E-state index in [1.165, 1.54) is 0 Å². The van der Waals surface area contributed by atoms with Crippen molar-refractivity contribution in [3.05, 3.63) is 64.8 Å². The fourth-order valence-electron chi connectivity index (χ4n) is 3.97. The zero-order valence-electron chi connectivity index (χ0n) is 16.3. The number of para-hydroxylation sites is 3. The number of nitrogens with zero attached hydrogens (tertiary/aromatic N) is 4. The van der Waals surface area contributed by atoms with E-state index < -0.39 is 0 Å². The Labute approximate surface area is 168 Å². The number of aromatic nitrogens is 4. The number of fused-ring (bicyclic) bond motifs is 2. The molecule has 0 aliphatic carbocycles. The van der Waals surface area contributed by atoms with E-state index in [2.05, 4.69) is 5.32 Å². The maximum absolute atomic E-state index is 12.8. The van der Waals surface area contributed by atoms with Crippen LogP contribution in [0.25, 0.3) is 21.9 Å². The summed E-state index contributed by atoms with van der Waals surface area (Å²) in [6, 6.07) is 15.8. The molecule has 7 nitrogen and oxygen atoms in total. The lowest BCUT2D eigenvalue weighted by Crippen LogP contribution is -2.24. The van der Waals surface area contributed by atoms with Gasteiger partial charge < -0.3 is 10.1 Å². The Balaban J connectivity index is 1.54. The van der Waals surface area contributed by atoms with Gasteiger partial charge in [0.2, 0.25) is 0 Å². The molecule has 1 atom stereocenters. The minimum absolute atomic E-state index is 0.0689. The van der Waals surface area contributed by atoms with Gasteiger partial charge in [0.05, 0.1) is 29.7 Å². The number of hydrogen-bond donors (Lipinski definition) is 1. The quantitative estimate of drug-likeness (QED) is 0.568. The van der Waals surface area contributed by atoms with Crippen LogP contribution in [0.3, 0.4) is 0 Å². The standard InChI is InChI=1S/C22H23N5O2/c1-26-18-8-4-5-9-19(18)27(22(26)28)13-20-24-17-7-3-2-6-16(17)21(25-20)23-12-15-10-11-29-14-15/h2-9,15H,10-14H2,1H3,(H,23,24,25). The lowest BCUT2D eigenvalue weighted by atomic mass is 10.1. The predicted octanol–water partition coefficient (Wildman–Crippen LogP) is 2.78. The molecule has 0 spiro atoms. The molecule has 1 unspecified atom stereocenters. The van der Waals surface area contributed by atoms with E-state index in [4.69, 9.17) is 14.7 Å². The first kappa shape index (κ1) is 17.9. The molecular weight excluding hydrogens is 366 g/mol. The largest absolute Gasteiger partial charge is 0.381 e. The smallest absolute Gasteiger partial charge is 0.329 e. The summed E-state index contributed by atoms with van der Waals surface area (Å²) in [6.07, 6.45) is 1.06. The Hall–Kier alpha value is -3.19. The summed E-state index contributed by atoms with van der Waals surface area (Å²) in [6.45, 7) is 2.75. The highest BCUT2D eigenvalue weighted by Gasteiger charge is 2.17. The zero-order valence-corrected chi connectivity index (χ0v) is 16.3. The summed E-state index contributed by atoms with van der Waals surface area (Å²) in [5, 5.41) is 4.48. The SMILES string of the molecule is Cn1c(=O)n(Cc2nc(NCC3CCOC3)c3ccccc3n2)c2ccccc21. The fraction of sp³-hybridized carbons (Fsp3) is 0.318. The highest BCUT2D eigenvalue weighted by Crippen LogP contribution is 2.22. The molecule has 3 heterocycles. The predicted molar refractivity (Wildman–Crippen MR) is 113 cm³/mol. The summed E-state index contributed by atoms with van der Waals surface area (Å²) < 4.78 is 8.87. The molecule has 2 aromatic carbocycles. The van der Waals surface area contributed by atoms with E-state index in [9.17, 15) is 4.79 Å². The average molecular weight is 389 g/mol. The van der Waals surface area contributed by atoms with E-state index >= 15 is 0 Å². The first-order valence-corrected chi connectivity index (χ1v) is 9.92. The topological polar surface area (TPSA) is 74.0 Å². The molecule has 5 rings (SSSR count). The van der Waals surface area contributed by atoms with Crippen LogP contribution in [0.4, 0.5) is 5.82 Å². The number of rotatable bonds is 5. The number of imidazole rings is 1. The Bertz CT molecular complexity index is 1240. The van der Waals surface area contributed by atoms with E-state index in [1.54, 1.807) is 16.2 Å². The van der Waals surface area contributed by atoms with Gasteiger partial charge in [-0.05, 0) is 30.7 Å². The van der Waals surface area contributed by atoms with Gasteiger partial charge in [0, 0.05) is 31.5 Å². The van der Waals surface area contributed by atoms with Crippen molar-refractivity contribution in [2.75, 3.05) is 25.1 Å². The number of hydrogen-bond acceptors (Lipinski definition) is 5. The lowest BCUT2D eigenvalue weighted by Gasteiger charge is -2.13. The van der Waals surface area contributed by atoms with Crippen molar-refractivity contribution in [2.24, 2.45) is 13.0 Å². The van der Waals surface area contributed by atoms with Crippen LogP contribution >= 0.6 is 0 Å². The van der Waals surface area contributed by atoms with Gasteiger partial charge in [0.25, 0.3) is 0 Å². The minimum atomic E-state index is -0.0689. The maximum atomic E-state index is 12.8. The van der Waals surface area contributed by atoms with Gasteiger partial charge >= 0.3 is 5.69 Å². The number of ether oxygens (including phenoxy) is 1. The highest BCUT2D eigenvalue weighted by molar-refractivity contribution is 5.89.